The number of carbonyl (C=O) groups is 1. The zero-order valence-electron chi connectivity index (χ0n) is 16.1. The summed E-state index contributed by atoms with van der Waals surface area (Å²) in [5.41, 5.74) is 2.81. The topological polar surface area (TPSA) is 78.9 Å². The summed E-state index contributed by atoms with van der Waals surface area (Å²) >= 11 is 1.26. The molecule has 142 valence electrons. The number of aromatic nitrogens is 4. The average molecular weight is 386 g/mol. The average Bonchev–Trinajstić information content (AvgIpc) is 2.97. The van der Waals surface area contributed by atoms with Gasteiger partial charge in [0, 0.05) is 26.2 Å². The first-order chi connectivity index (χ1) is 12.8. The van der Waals surface area contributed by atoms with Gasteiger partial charge in [-0.05, 0) is 38.0 Å². The Kier molecular flexibility index (Phi) is 5.10. The summed E-state index contributed by atoms with van der Waals surface area (Å²) in [4.78, 5) is 41.8. The van der Waals surface area contributed by atoms with Gasteiger partial charge in [0.15, 0.2) is 22.1 Å². The van der Waals surface area contributed by atoms with Gasteiger partial charge in [0.25, 0.3) is 5.56 Å². The highest BCUT2D eigenvalue weighted by molar-refractivity contribution is 7.99. The Balaban J connectivity index is 1.95. The van der Waals surface area contributed by atoms with Crippen LogP contribution in [-0.4, -0.2) is 30.2 Å². The van der Waals surface area contributed by atoms with Crippen molar-refractivity contribution in [1.82, 2.24) is 18.7 Å². The molecule has 0 bridgehead atoms. The van der Waals surface area contributed by atoms with Gasteiger partial charge in [0.1, 0.15) is 0 Å². The summed E-state index contributed by atoms with van der Waals surface area (Å²) in [6.45, 7) is 6.03. The van der Waals surface area contributed by atoms with Crippen molar-refractivity contribution < 1.29 is 4.79 Å². The molecular weight excluding hydrogens is 364 g/mol. The summed E-state index contributed by atoms with van der Waals surface area (Å²) in [6.07, 6.45) is 0. The van der Waals surface area contributed by atoms with Crippen LogP contribution < -0.4 is 11.2 Å². The van der Waals surface area contributed by atoms with Crippen LogP contribution in [0.15, 0.2) is 32.9 Å². The van der Waals surface area contributed by atoms with Crippen molar-refractivity contribution in [3.63, 3.8) is 0 Å². The zero-order chi connectivity index (χ0) is 19.9. The lowest BCUT2D eigenvalue weighted by Crippen LogP contribution is -2.39. The molecule has 0 radical (unpaired) electrons. The van der Waals surface area contributed by atoms with Gasteiger partial charge in [0.05, 0.1) is 5.75 Å². The van der Waals surface area contributed by atoms with Crippen LogP contribution in [0.5, 0.6) is 0 Å². The Bertz CT molecular complexity index is 1170. The third kappa shape index (κ3) is 3.25. The molecule has 27 heavy (non-hydrogen) atoms. The molecule has 7 nitrogen and oxygen atoms in total. The number of ketones is 1. The minimum Gasteiger partial charge on any atom is -0.316 e. The number of thioether (sulfide) groups is 1. The van der Waals surface area contributed by atoms with Gasteiger partial charge < -0.3 is 4.57 Å². The molecule has 0 aliphatic rings. The molecule has 0 unspecified atom stereocenters. The van der Waals surface area contributed by atoms with E-state index in [2.05, 4.69) is 4.98 Å². The van der Waals surface area contributed by atoms with Crippen molar-refractivity contribution in [3.05, 3.63) is 55.7 Å². The number of rotatable bonds is 5. The Morgan fingerprint density at radius 2 is 1.81 bits per heavy atom. The smallest absolute Gasteiger partial charge is 0.316 e. The first-order valence-electron chi connectivity index (χ1n) is 8.65. The molecule has 8 heteroatoms. The lowest BCUT2D eigenvalue weighted by molar-refractivity contribution is 0.102. The lowest BCUT2D eigenvalue weighted by Gasteiger charge is -2.06. The van der Waals surface area contributed by atoms with E-state index in [1.807, 2.05) is 32.0 Å². The number of fused-ring (bicyclic) bond motifs is 1. The predicted molar refractivity (Wildman–Crippen MR) is 107 cm³/mol. The SMILES string of the molecule is CCn1c(=O)c2c(nc(SCC(=O)c3ccc(C)c(C)c3)n2C)n(C)c1=O. The maximum absolute atomic E-state index is 12.6. The third-order valence-corrected chi connectivity index (χ3v) is 5.83. The monoisotopic (exact) mass is 386 g/mol. The maximum Gasteiger partial charge on any atom is 0.332 e. The molecule has 0 fully saturated rings. The minimum absolute atomic E-state index is 0.00462. The van der Waals surface area contributed by atoms with Crippen molar-refractivity contribution in [3.8, 4) is 0 Å². The number of hydrogen-bond acceptors (Lipinski definition) is 5. The standard InChI is InChI=1S/C19H22N4O3S/c1-6-23-17(25)15-16(22(5)19(23)26)20-18(21(15)4)27-10-14(24)13-8-7-11(2)12(3)9-13/h7-9H,6,10H2,1-5H3. The van der Waals surface area contributed by atoms with E-state index >= 15 is 0 Å². The first-order valence-corrected chi connectivity index (χ1v) is 9.64. The number of nitrogens with zero attached hydrogens (tertiary/aromatic N) is 4. The van der Waals surface area contributed by atoms with E-state index in [1.54, 1.807) is 25.6 Å². The van der Waals surface area contributed by atoms with Crippen LogP contribution >= 0.6 is 11.8 Å². The molecule has 0 amide bonds. The molecule has 0 aliphatic heterocycles. The molecule has 0 atom stereocenters. The van der Waals surface area contributed by atoms with Crippen molar-refractivity contribution in [2.24, 2.45) is 14.1 Å². The number of carbonyl (C=O) groups excluding carboxylic acids is 1. The molecule has 3 rings (SSSR count). The van der Waals surface area contributed by atoms with Gasteiger partial charge in [0.2, 0.25) is 0 Å². The van der Waals surface area contributed by atoms with E-state index in [0.717, 1.165) is 11.1 Å². The quantitative estimate of drug-likeness (QED) is 0.495. The van der Waals surface area contributed by atoms with Crippen LogP contribution in [0.4, 0.5) is 0 Å². The number of benzene rings is 1. The van der Waals surface area contributed by atoms with Gasteiger partial charge in [-0.3, -0.25) is 18.7 Å². The van der Waals surface area contributed by atoms with E-state index in [4.69, 9.17) is 0 Å². The summed E-state index contributed by atoms with van der Waals surface area (Å²) in [5.74, 6) is 0.199. The van der Waals surface area contributed by atoms with Crippen LogP contribution in [0, 0.1) is 13.8 Å². The molecular formula is C19H22N4O3S. The van der Waals surface area contributed by atoms with Crippen molar-refractivity contribution in [2.45, 2.75) is 32.5 Å². The Morgan fingerprint density at radius 1 is 1.11 bits per heavy atom. The number of hydrogen-bond donors (Lipinski definition) is 0. The molecule has 0 saturated carbocycles. The Morgan fingerprint density at radius 3 is 2.44 bits per heavy atom. The maximum atomic E-state index is 12.6. The minimum atomic E-state index is -0.393. The van der Waals surface area contributed by atoms with Gasteiger partial charge in [-0.25, -0.2) is 9.78 Å². The fraction of sp³-hybridized carbons (Fsp3) is 0.368. The van der Waals surface area contributed by atoms with Crippen molar-refractivity contribution in [1.29, 1.82) is 0 Å². The molecule has 2 heterocycles. The summed E-state index contributed by atoms with van der Waals surface area (Å²) in [7, 11) is 3.32. The second-order valence-electron chi connectivity index (χ2n) is 6.53. The molecule has 0 saturated heterocycles. The summed E-state index contributed by atoms with van der Waals surface area (Å²) in [6, 6.07) is 5.64. The first kappa shape index (κ1) is 19.2. The van der Waals surface area contributed by atoms with Crippen LogP contribution in [0.1, 0.15) is 28.4 Å². The zero-order valence-corrected chi connectivity index (χ0v) is 16.9. The molecule has 3 aromatic rings. The molecule has 1 aromatic carbocycles. The fourth-order valence-electron chi connectivity index (χ4n) is 2.96. The van der Waals surface area contributed by atoms with Crippen LogP contribution in [0.2, 0.25) is 0 Å². The summed E-state index contributed by atoms with van der Waals surface area (Å²) in [5, 5.41) is 0.531. The van der Waals surface area contributed by atoms with E-state index in [9.17, 15) is 14.4 Å². The highest BCUT2D eigenvalue weighted by Crippen LogP contribution is 2.22. The second-order valence-corrected chi connectivity index (χ2v) is 7.47. The van der Waals surface area contributed by atoms with Crippen LogP contribution in [0.25, 0.3) is 11.2 Å². The van der Waals surface area contributed by atoms with E-state index in [-0.39, 0.29) is 17.1 Å². The van der Waals surface area contributed by atoms with Crippen molar-refractivity contribution >= 4 is 28.7 Å². The van der Waals surface area contributed by atoms with Crippen LogP contribution in [0.3, 0.4) is 0 Å². The van der Waals surface area contributed by atoms with E-state index in [0.29, 0.717) is 28.4 Å². The van der Waals surface area contributed by atoms with E-state index < -0.39 is 5.69 Å². The molecule has 2 aromatic heterocycles. The fourth-order valence-corrected chi connectivity index (χ4v) is 3.82. The highest BCUT2D eigenvalue weighted by Gasteiger charge is 2.19. The molecule has 0 spiro atoms. The van der Waals surface area contributed by atoms with Crippen molar-refractivity contribution in [2.75, 3.05) is 5.75 Å². The summed E-state index contributed by atoms with van der Waals surface area (Å²) < 4.78 is 4.20. The number of aryl methyl sites for hydroxylation is 4. The Hall–Kier alpha value is -2.61. The van der Waals surface area contributed by atoms with Gasteiger partial charge in [-0.2, -0.15) is 0 Å². The lowest BCUT2D eigenvalue weighted by atomic mass is 10.0. The third-order valence-electron chi connectivity index (χ3n) is 4.80. The predicted octanol–water partition coefficient (Wildman–Crippen LogP) is 2.05. The molecule has 0 aliphatic carbocycles. The van der Waals surface area contributed by atoms with Gasteiger partial charge in [-0.15, -0.1) is 0 Å². The van der Waals surface area contributed by atoms with Crippen LogP contribution in [-0.2, 0) is 20.6 Å². The molecule has 0 N–H and O–H groups in total. The highest BCUT2D eigenvalue weighted by atomic mass is 32.2. The number of Topliss-reactive ketones (excluding diaryl/α,β-unsaturated/α-hetero) is 1. The van der Waals surface area contributed by atoms with Gasteiger partial charge >= 0.3 is 5.69 Å². The number of imidazole rings is 1. The van der Waals surface area contributed by atoms with Gasteiger partial charge in [-0.1, -0.05) is 23.9 Å². The second kappa shape index (κ2) is 7.19. The van der Waals surface area contributed by atoms with E-state index in [1.165, 1.54) is 20.9 Å². The normalized spacial score (nSPS) is 11.3. The Labute approximate surface area is 160 Å². The largest absolute Gasteiger partial charge is 0.332 e.